The summed E-state index contributed by atoms with van der Waals surface area (Å²) in [5, 5.41) is 15.2. The van der Waals surface area contributed by atoms with E-state index in [1.807, 2.05) is 18.4 Å². The Bertz CT molecular complexity index is 1150. The number of aliphatic hydroxyl groups is 1. The SMILES string of the molecule is Cc1csc(C[C@H](NS(=O)(=O)c2cccc3c2NCC(C)(C)C3)C(=O)N2CCC(CCO)CC2)n1. The number of carbonyl (C=O) groups is 1. The van der Waals surface area contributed by atoms with Crippen molar-refractivity contribution in [1.29, 1.82) is 0 Å². The number of hydrogen-bond acceptors (Lipinski definition) is 7. The van der Waals surface area contributed by atoms with Crippen LogP contribution in [0.25, 0.3) is 0 Å². The van der Waals surface area contributed by atoms with Gasteiger partial charge in [-0.05, 0) is 55.6 Å². The van der Waals surface area contributed by atoms with E-state index in [0.29, 0.717) is 31.2 Å². The number of anilines is 1. The van der Waals surface area contributed by atoms with E-state index in [4.69, 9.17) is 0 Å². The zero-order valence-electron chi connectivity index (χ0n) is 20.7. The molecule has 0 radical (unpaired) electrons. The number of amides is 1. The number of carbonyl (C=O) groups excluding carboxylic acids is 1. The van der Waals surface area contributed by atoms with Gasteiger partial charge >= 0.3 is 0 Å². The lowest BCUT2D eigenvalue weighted by molar-refractivity contribution is -0.134. The number of piperidine rings is 1. The van der Waals surface area contributed by atoms with Crippen LogP contribution in [-0.2, 0) is 27.7 Å². The number of nitrogens with one attached hydrogen (secondary N) is 2. The second-order valence-corrected chi connectivity index (χ2v) is 13.2. The van der Waals surface area contributed by atoms with Crippen LogP contribution in [0.4, 0.5) is 5.69 Å². The normalized spacial score (nSPS) is 19.1. The third kappa shape index (κ3) is 6.22. The lowest BCUT2D eigenvalue weighted by Gasteiger charge is -2.35. The second kappa shape index (κ2) is 10.5. The average molecular weight is 521 g/mol. The topological polar surface area (TPSA) is 112 Å². The van der Waals surface area contributed by atoms with Gasteiger partial charge in [0.15, 0.2) is 0 Å². The van der Waals surface area contributed by atoms with Crippen molar-refractivity contribution in [2.75, 3.05) is 31.6 Å². The van der Waals surface area contributed by atoms with E-state index in [9.17, 15) is 18.3 Å². The second-order valence-electron chi connectivity index (χ2n) is 10.5. The molecule has 1 amide bonds. The zero-order valence-corrected chi connectivity index (χ0v) is 22.3. The number of para-hydroxylation sites is 1. The van der Waals surface area contributed by atoms with Crippen LogP contribution in [-0.4, -0.2) is 61.6 Å². The molecule has 1 saturated heterocycles. The van der Waals surface area contributed by atoms with E-state index >= 15 is 0 Å². The van der Waals surface area contributed by atoms with E-state index in [0.717, 1.165) is 41.9 Å². The van der Waals surface area contributed by atoms with Crippen molar-refractivity contribution in [3.8, 4) is 0 Å². The fraction of sp³-hybridized carbons (Fsp3) is 0.600. The number of benzene rings is 1. The summed E-state index contributed by atoms with van der Waals surface area (Å²) in [6.45, 7) is 8.14. The number of thiazole rings is 1. The highest BCUT2D eigenvalue weighted by molar-refractivity contribution is 7.89. The Morgan fingerprint density at radius 1 is 1.34 bits per heavy atom. The first-order valence-electron chi connectivity index (χ1n) is 12.3. The third-order valence-corrected chi connectivity index (χ3v) is 9.42. The van der Waals surface area contributed by atoms with Crippen LogP contribution in [0.2, 0.25) is 0 Å². The number of fused-ring (bicyclic) bond motifs is 1. The number of hydrogen-bond donors (Lipinski definition) is 3. The molecule has 1 fully saturated rings. The van der Waals surface area contributed by atoms with Crippen molar-refractivity contribution >= 4 is 33.0 Å². The fourth-order valence-corrected chi connectivity index (χ4v) is 7.23. The van der Waals surface area contributed by atoms with E-state index in [1.165, 1.54) is 11.3 Å². The van der Waals surface area contributed by atoms with Crippen molar-refractivity contribution < 1.29 is 18.3 Å². The van der Waals surface area contributed by atoms with Crippen molar-refractivity contribution in [3.63, 3.8) is 0 Å². The Labute approximate surface area is 212 Å². The van der Waals surface area contributed by atoms with Gasteiger partial charge in [0.05, 0.1) is 10.7 Å². The quantitative estimate of drug-likeness (QED) is 0.494. The first-order chi connectivity index (χ1) is 16.6. The van der Waals surface area contributed by atoms with Crippen LogP contribution in [0.5, 0.6) is 0 Å². The summed E-state index contributed by atoms with van der Waals surface area (Å²) < 4.78 is 30.0. The van der Waals surface area contributed by atoms with Crippen molar-refractivity contribution in [2.24, 2.45) is 11.3 Å². The van der Waals surface area contributed by atoms with Crippen LogP contribution in [0.3, 0.4) is 0 Å². The molecule has 0 saturated carbocycles. The van der Waals surface area contributed by atoms with Crippen LogP contribution in [0.1, 0.15) is 49.4 Å². The lowest BCUT2D eigenvalue weighted by atomic mass is 9.82. The number of aromatic nitrogens is 1. The van der Waals surface area contributed by atoms with Gasteiger partial charge in [-0.25, -0.2) is 13.4 Å². The maximum absolute atomic E-state index is 13.6. The molecule has 1 aromatic heterocycles. The molecule has 3 heterocycles. The molecule has 8 nitrogen and oxygen atoms in total. The van der Waals surface area contributed by atoms with Gasteiger partial charge < -0.3 is 15.3 Å². The van der Waals surface area contributed by atoms with E-state index < -0.39 is 16.1 Å². The summed E-state index contributed by atoms with van der Waals surface area (Å²) in [6, 6.07) is 4.39. The average Bonchev–Trinajstić information content (AvgIpc) is 3.22. The molecule has 2 aliphatic heterocycles. The summed E-state index contributed by atoms with van der Waals surface area (Å²) in [7, 11) is -3.97. The summed E-state index contributed by atoms with van der Waals surface area (Å²) in [5.41, 5.74) is 2.48. The van der Waals surface area contributed by atoms with Gasteiger partial charge in [-0.1, -0.05) is 26.0 Å². The Balaban J connectivity index is 1.58. The number of aryl methyl sites for hydroxylation is 1. The minimum atomic E-state index is -3.97. The number of sulfonamides is 1. The molecule has 0 unspecified atom stereocenters. The Hall–Kier alpha value is -2.01. The molecule has 0 bridgehead atoms. The molecular weight excluding hydrogens is 484 g/mol. The smallest absolute Gasteiger partial charge is 0.243 e. The maximum Gasteiger partial charge on any atom is 0.243 e. The molecule has 2 aliphatic rings. The van der Waals surface area contributed by atoms with Gasteiger partial charge in [0.25, 0.3) is 0 Å². The molecule has 0 aliphatic carbocycles. The van der Waals surface area contributed by atoms with E-state index in [1.54, 1.807) is 17.0 Å². The van der Waals surface area contributed by atoms with Gasteiger partial charge in [0, 0.05) is 43.7 Å². The first-order valence-corrected chi connectivity index (χ1v) is 14.6. The van der Waals surface area contributed by atoms with Crippen LogP contribution >= 0.6 is 11.3 Å². The predicted molar refractivity (Wildman–Crippen MR) is 138 cm³/mol. The first kappa shape index (κ1) is 26.1. The van der Waals surface area contributed by atoms with Gasteiger partial charge in [0.2, 0.25) is 15.9 Å². The summed E-state index contributed by atoms with van der Waals surface area (Å²) >= 11 is 1.44. The predicted octanol–water partition coefficient (Wildman–Crippen LogP) is 2.96. The van der Waals surface area contributed by atoms with Gasteiger partial charge in [-0.2, -0.15) is 4.72 Å². The highest BCUT2D eigenvalue weighted by atomic mass is 32.2. The molecule has 3 N–H and O–H groups in total. The van der Waals surface area contributed by atoms with Gasteiger partial charge in [-0.15, -0.1) is 11.3 Å². The standard InChI is InChI=1S/C25H36N4O4S2/c1-17-15-34-22(27-17)13-20(24(31)29-10-7-18(8-11-29)9-12-30)28-35(32,33)21-6-4-5-19-14-25(2,3)16-26-23(19)21/h4-6,15,18,20,26,28,30H,7-14,16H2,1-3H3/t20-/m0/s1. The van der Waals surface area contributed by atoms with Crippen molar-refractivity contribution in [1.82, 2.24) is 14.6 Å². The summed E-state index contributed by atoms with van der Waals surface area (Å²) in [4.78, 5) is 20.0. The third-order valence-electron chi connectivity index (χ3n) is 6.92. The van der Waals surface area contributed by atoms with Gasteiger partial charge in [-0.3, -0.25) is 4.79 Å². The van der Waals surface area contributed by atoms with Gasteiger partial charge in [0.1, 0.15) is 10.9 Å². The van der Waals surface area contributed by atoms with Crippen LogP contribution < -0.4 is 10.0 Å². The number of likely N-dealkylation sites (tertiary alicyclic amines) is 1. The van der Waals surface area contributed by atoms with Crippen molar-refractivity contribution in [2.45, 2.75) is 63.8 Å². The Kier molecular flexibility index (Phi) is 7.85. The van der Waals surface area contributed by atoms with Crippen molar-refractivity contribution in [3.05, 3.63) is 39.8 Å². The highest BCUT2D eigenvalue weighted by Gasteiger charge is 2.35. The highest BCUT2D eigenvalue weighted by Crippen LogP contribution is 2.36. The molecule has 10 heteroatoms. The minimum Gasteiger partial charge on any atom is -0.396 e. The fourth-order valence-electron chi connectivity index (χ4n) is 5.00. The van der Waals surface area contributed by atoms with Crippen LogP contribution in [0.15, 0.2) is 28.5 Å². The molecule has 4 rings (SSSR count). The molecule has 0 spiro atoms. The summed E-state index contributed by atoms with van der Waals surface area (Å²) in [5.74, 6) is 0.176. The largest absolute Gasteiger partial charge is 0.396 e. The number of nitrogens with zero attached hydrogens (tertiary/aromatic N) is 2. The minimum absolute atomic E-state index is 0.0339. The van der Waals surface area contributed by atoms with Crippen LogP contribution in [0, 0.1) is 18.3 Å². The number of aliphatic hydroxyl groups excluding tert-OH is 1. The molecule has 192 valence electrons. The monoisotopic (exact) mass is 520 g/mol. The number of rotatable bonds is 8. The van der Waals surface area contributed by atoms with E-state index in [-0.39, 0.29) is 29.2 Å². The lowest BCUT2D eigenvalue weighted by Crippen LogP contribution is -2.51. The summed E-state index contributed by atoms with van der Waals surface area (Å²) in [6.07, 6.45) is 3.35. The zero-order chi connectivity index (χ0) is 25.2. The molecule has 1 atom stereocenters. The Morgan fingerprint density at radius 2 is 2.09 bits per heavy atom. The molecule has 2 aromatic rings. The molecular formula is C25H36N4O4S2. The maximum atomic E-state index is 13.6. The van der Waals surface area contributed by atoms with E-state index in [2.05, 4.69) is 28.9 Å². The molecule has 35 heavy (non-hydrogen) atoms. The molecule has 1 aromatic carbocycles. The Morgan fingerprint density at radius 3 is 2.74 bits per heavy atom.